The second-order valence-electron chi connectivity index (χ2n) is 4.97. The predicted molar refractivity (Wildman–Crippen MR) is 70.8 cm³/mol. The van der Waals surface area contributed by atoms with E-state index in [0.29, 0.717) is 18.2 Å². The van der Waals surface area contributed by atoms with E-state index in [1.54, 1.807) is 0 Å². The van der Waals surface area contributed by atoms with E-state index in [4.69, 9.17) is 5.11 Å². The zero-order valence-corrected chi connectivity index (χ0v) is 11.2. The van der Waals surface area contributed by atoms with Gasteiger partial charge in [-0.1, -0.05) is 6.42 Å². The summed E-state index contributed by atoms with van der Waals surface area (Å²) < 4.78 is 0. The normalized spacial score (nSPS) is 31.2. The van der Waals surface area contributed by atoms with E-state index in [1.165, 1.54) is 12.2 Å². The molecule has 5 nitrogen and oxygen atoms in total. The van der Waals surface area contributed by atoms with Gasteiger partial charge in [0.25, 0.3) is 0 Å². The number of carbonyl (C=O) groups is 2. The molecular formula is C12H20N2O3S. The van der Waals surface area contributed by atoms with E-state index in [1.807, 2.05) is 11.8 Å². The lowest BCUT2D eigenvalue weighted by Gasteiger charge is -2.18. The van der Waals surface area contributed by atoms with Crippen LogP contribution in [0, 0.1) is 5.92 Å². The second-order valence-corrected chi connectivity index (χ2v) is 6.38. The maximum Gasteiger partial charge on any atom is 0.315 e. The zero-order valence-electron chi connectivity index (χ0n) is 10.4. The zero-order chi connectivity index (χ0) is 13.0. The van der Waals surface area contributed by atoms with Gasteiger partial charge in [-0.05, 0) is 31.4 Å². The molecule has 3 unspecified atom stereocenters. The molecule has 0 aromatic carbocycles. The maximum absolute atomic E-state index is 11.7. The fraction of sp³-hybridized carbons (Fsp3) is 0.833. The molecule has 0 radical (unpaired) electrons. The molecule has 1 saturated heterocycles. The lowest BCUT2D eigenvalue weighted by Crippen LogP contribution is -2.46. The van der Waals surface area contributed by atoms with Gasteiger partial charge in [0, 0.05) is 17.8 Å². The molecule has 2 fully saturated rings. The number of carboxylic acids is 1. The maximum atomic E-state index is 11.7. The monoisotopic (exact) mass is 272 g/mol. The Labute approximate surface area is 111 Å². The lowest BCUT2D eigenvalue weighted by molar-refractivity contribution is -0.142. The molecule has 18 heavy (non-hydrogen) atoms. The summed E-state index contributed by atoms with van der Waals surface area (Å²) in [6, 6.07) is -0.431. The van der Waals surface area contributed by atoms with Crippen molar-refractivity contribution in [1.29, 1.82) is 0 Å². The Morgan fingerprint density at radius 1 is 1.22 bits per heavy atom. The largest absolute Gasteiger partial charge is 0.481 e. The van der Waals surface area contributed by atoms with Crippen LogP contribution in [-0.2, 0) is 4.79 Å². The van der Waals surface area contributed by atoms with Gasteiger partial charge in [0.05, 0.1) is 5.92 Å². The van der Waals surface area contributed by atoms with Crippen molar-refractivity contribution in [3.8, 4) is 0 Å². The van der Waals surface area contributed by atoms with Gasteiger partial charge in [-0.3, -0.25) is 4.79 Å². The topological polar surface area (TPSA) is 78.4 Å². The van der Waals surface area contributed by atoms with Crippen molar-refractivity contribution in [2.24, 2.45) is 5.92 Å². The summed E-state index contributed by atoms with van der Waals surface area (Å²) in [6.45, 7) is 0.682. The minimum absolute atomic E-state index is 0.210. The van der Waals surface area contributed by atoms with Crippen molar-refractivity contribution in [2.75, 3.05) is 12.3 Å². The quantitative estimate of drug-likeness (QED) is 0.723. The van der Waals surface area contributed by atoms with Crippen molar-refractivity contribution >= 4 is 23.8 Å². The summed E-state index contributed by atoms with van der Waals surface area (Å²) >= 11 is 1.90. The predicted octanol–water partition coefficient (Wildman–Crippen LogP) is 1.43. The fourth-order valence-electron chi connectivity index (χ4n) is 2.66. The first-order valence-electron chi connectivity index (χ1n) is 6.55. The molecule has 0 bridgehead atoms. The van der Waals surface area contributed by atoms with Crippen LogP contribution in [0.3, 0.4) is 0 Å². The van der Waals surface area contributed by atoms with Crippen LogP contribution < -0.4 is 10.6 Å². The molecule has 2 amide bonds. The highest BCUT2D eigenvalue weighted by Gasteiger charge is 2.33. The van der Waals surface area contributed by atoms with Crippen molar-refractivity contribution in [1.82, 2.24) is 10.6 Å². The Bertz CT molecular complexity index is 318. The highest BCUT2D eigenvalue weighted by molar-refractivity contribution is 8.00. The Balaban J connectivity index is 1.71. The molecule has 2 rings (SSSR count). The molecule has 1 heterocycles. The number of amides is 2. The Kier molecular flexibility index (Phi) is 4.74. The molecule has 1 aliphatic carbocycles. The number of carboxylic acid groups (broad SMARTS) is 1. The Hall–Kier alpha value is -0.910. The third kappa shape index (κ3) is 3.54. The fourth-order valence-corrected chi connectivity index (χ4v) is 3.86. The lowest BCUT2D eigenvalue weighted by atomic mass is 10.0. The average molecular weight is 272 g/mol. The van der Waals surface area contributed by atoms with Crippen molar-refractivity contribution in [3.63, 3.8) is 0 Å². The van der Waals surface area contributed by atoms with Crippen LogP contribution in [-0.4, -0.2) is 40.7 Å². The van der Waals surface area contributed by atoms with Crippen LogP contribution in [0.1, 0.15) is 32.1 Å². The highest BCUT2D eigenvalue weighted by atomic mass is 32.2. The summed E-state index contributed by atoms with van der Waals surface area (Å²) in [5, 5.41) is 15.2. The number of urea groups is 1. The first-order chi connectivity index (χ1) is 8.66. The van der Waals surface area contributed by atoms with Crippen LogP contribution in [0.4, 0.5) is 4.79 Å². The number of aliphatic carboxylic acids is 1. The summed E-state index contributed by atoms with van der Waals surface area (Å²) in [5.41, 5.74) is 0. The van der Waals surface area contributed by atoms with Gasteiger partial charge in [0.15, 0.2) is 0 Å². The van der Waals surface area contributed by atoms with E-state index < -0.39 is 11.9 Å². The SMILES string of the molecule is O=C(NCC1CCCS1)NC1CCCC1C(=O)O. The third-order valence-electron chi connectivity index (χ3n) is 3.66. The summed E-state index contributed by atoms with van der Waals surface area (Å²) in [4.78, 5) is 22.7. The number of rotatable bonds is 4. The van der Waals surface area contributed by atoms with Crippen molar-refractivity contribution in [3.05, 3.63) is 0 Å². The molecule has 1 saturated carbocycles. The van der Waals surface area contributed by atoms with Crippen LogP contribution in [0.5, 0.6) is 0 Å². The molecule has 3 N–H and O–H groups in total. The van der Waals surface area contributed by atoms with E-state index in [-0.39, 0.29) is 12.1 Å². The minimum Gasteiger partial charge on any atom is -0.481 e. The molecule has 0 aromatic heterocycles. The standard InChI is InChI=1S/C12H20N2O3S/c15-11(16)9-4-1-5-10(9)14-12(17)13-7-8-3-2-6-18-8/h8-10H,1-7H2,(H,15,16)(H2,13,14,17). The summed E-state index contributed by atoms with van der Waals surface area (Å²) in [7, 11) is 0. The van der Waals surface area contributed by atoms with Gasteiger partial charge < -0.3 is 15.7 Å². The van der Waals surface area contributed by atoms with Crippen molar-refractivity contribution in [2.45, 2.75) is 43.4 Å². The first-order valence-corrected chi connectivity index (χ1v) is 7.60. The molecule has 3 atom stereocenters. The summed E-state index contributed by atoms with van der Waals surface area (Å²) in [5.74, 6) is -0.0433. The van der Waals surface area contributed by atoms with Gasteiger partial charge in [-0.25, -0.2) is 4.79 Å². The van der Waals surface area contributed by atoms with Gasteiger partial charge in [-0.15, -0.1) is 0 Å². The molecule has 0 aromatic rings. The average Bonchev–Trinajstić information content (AvgIpc) is 2.96. The van der Waals surface area contributed by atoms with Gasteiger partial charge in [-0.2, -0.15) is 11.8 Å². The molecule has 0 spiro atoms. The Morgan fingerprint density at radius 2 is 2.06 bits per heavy atom. The van der Waals surface area contributed by atoms with E-state index in [2.05, 4.69) is 10.6 Å². The molecule has 2 aliphatic rings. The smallest absolute Gasteiger partial charge is 0.315 e. The van der Waals surface area contributed by atoms with Crippen molar-refractivity contribution < 1.29 is 14.7 Å². The van der Waals surface area contributed by atoms with E-state index >= 15 is 0 Å². The Morgan fingerprint density at radius 3 is 2.72 bits per heavy atom. The van der Waals surface area contributed by atoms with E-state index in [0.717, 1.165) is 19.3 Å². The molecular weight excluding hydrogens is 252 g/mol. The van der Waals surface area contributed by atoms with Crippen LogP contribution in [0.25, 0.3) is 0 Å². The van der Waals surface area contributed by atoms with Gasteiger partial charge >= 0.3 is 12.0 Å². The number of thioether (sulfide) groups is 1. The number of carbonyl (C=O) groups excluding carboxylic acids is 1. The highest BCUT2D eigenvalue weighted by Crippen LogP contribution is 2.26. The molecule has 102 valence electrons. The van der Waals surface area contributed by atoms with E-state index in [9.17, 15) is 9.59 Å². The van der Waals surface area contributed by atoms with Gasteiger partial charge in [0.1, 0.15) is 0 Å². The molecule has 1 aliphatic heterocycles. The third-order valence-corrected chi connectivity index (χ3v) is 5.06. The van der Waals surface area contributed by atoms with Crippen LogP contribution >= 0.6 is 11.8 Å². The second kappa shape index (κ2) is 6.31. The van der Waals surface area contributed by atoms with Crippen LogP contribution in [0.15, 0.2) is 0 Å². The minimum atomic E-state index is -0.802. The first kappa shape index (κ1) is 13.5. The van der Waals surface area contributed by atoms with Gasteiger partial charge in [0.2, 0.25) is 0 Å². The molecule has 6 heteroatoms. The summed E-state index contributed by atoms with van der Waals surface area (Å²) in [6.07, 6.45) is 4.69. The number of nitrogens with one attached hydrogen (secondary N) is 2. The number of hydrogen-bond acceptors (Lipinski definition) is 3. The van der Waals surface area contributed by atoms with Crippen LogP contribution in [0.2, 0.25) is 0 Å². The number of hydrogen-bond donors (Lipinski definition) is 3.